The molecule has 9 heteroatoms. The average Bonchev–Trinajstić information content (AvgIpc) is 2.79. The van der Waals surface area contributed by atoms with Crippen LogP contribution >= 0.6 is 23.4 Å². The number of carbonyl (C=O) groups is 1. The molecule has 4 rings (SSSR count). The Kier molecular flexibility index (Phi) is 7.12. The van der Waals surface area contributed by atoms with Crippen molar-refractivity contribution in [3.63, 3.8) is 0 Å². The van der Waals surface area contributed by atoms with E-state index in [2.05, 4.69) is 14.9 Å². The predicted octanol–water partition coefficient (Wildman–Crippen LogP) is 3.75. The van der Waals surface area contributed by atoms with Crippen molar-refractivity contribution in [2.75, 3.05) is 31.1 Å². The summed E-state index contributed by atoms with van der Waals surface area (Å²) in [5, 5.41) is 1.14. The van der Waals surface area contributed by atoms with Crippen molar-refractivity contribution < 1.29 is 9.18 Å². The summed E-state index contributed by atoms with van der Waals surface area (Å²) in [5.41, 5.74) is 2.03. The smallest absolute Gasteiger partial charge is 0.251 e. The van der Waals surface area contributed by atoms with Crippen LogP contribution in [-0.2, 0) is 17.0 Å². The van der Waals surface area contributed by atoms with E-state index in [0.29, 0.717) is 47.8 Å². The number of nitrogens with zero attached hydrogens (tertiary/aromatic N) is 3. The molecule has 0 aliphatic carbocycles. The summed E-state index contributed by atoms with van der Waals surface area (Å²) in [4.78, 5) is 35.9. The Hall–Kier alpha value is -2.84. The number of hydrogen-bond acceptors (Lipinski definition) is 5. The van der Waals surface area contributed by atoms with Gasteiger partial charge in [-0.15, -0.1) is 0 Å². The number of benzene rings is 2. The Balaban J connectivity index is 1.34. The molecule has 0 atom stereocenters. The van der Waals surface area contributed by atoms with Crippen LogP contribution in [0.15, 0.2) is 64.5 Å². The van der Waals surface area contributed by atoms with Gasteiger partial charge in [0.25, 0.3) is 5.56 Å². The van der Waals surface area contributed by atoms with Crippen LogP contribution in [0.3, 0.4) is 0 Å². The molecule has 1 aliphatic rings. The minimum absolute atomic E-state index is 0.0589. The second-order valence-corrected chi connectivity index (χ2v) is 8.82. The molecule has 1 saturated heterocycles. The lowest BCUT2D eigenvalue weighted by molar-refractivity contribution is -0.130. The summed E-state index contributed by atoms with van der Waals surface area (Å²) in [7, 11) is 0. The van der Waals surface area contributed by atoms with E-state index < -0.39 is 0 Å². The Bertz CT molecular complexity index is 1150. The summed E-state index contributed by atoms with van der Waals surface area (Å²) in [6.07, 6.45) is 0.0696. The van der Waals surface area contributed by atoms with Gasteiger partial charge in [0.15, 0.2) is 5.16 Å². The van der Waals surface area contributed by atoms with E-state index in [0.717, 1.165) is 11.3 Å². The highest BCUT2D eigenvalue weighted by Crippen LogP contribution is 2.26. The summed E-state index contributed by atoms with van der Waals surface area (Å²) < 4.78 is 13.0. The molecule has 6 nitrogen and oxygen atoms in total. The van der Waals surface area contributed by atoms with E-state index in [4.69, 9.17) is 11.6 Å². The molecule has 0 spiro atoms. The first-order valence-corrected chi connectivity index (χ1v) is 11.6. The third-order valence-electron chi connectivity index (χ3n) is 5.22. The number of aromatic amines is 1. The molecular weight excluding hydrogens is 451 g/mol. The van der Waals surface area contributed by atoms with Crippen molar-refractivity contribution in [2.45, 2.75) is 17.3 Å². The highest BCUT2D eigenvalue weighted by Gasteiger charge is 2.23. The molecule has 1 fully saturated rings. The van der Waals surface area contributed by atoms with Crippen LogP contribution in [0, 0.1) is 5.82 Å². The van der Waals surface area contributed by atoms with E-state index in [9.17, 15) is 14.0 Å². The first-order valence-electron chi connectivity index (χ1n) is 10.2. The summed E-state index contributed by atoms with van der Waals surface area (Å²) >= 11 is 7.62. The zero-order valence-electron chi connectivity index (χ0n) is 17.3. The lowest BCUT2D eigenvalue weighted by atomic mass is 10.2. The molecule has 0 saturated carbocycles. The number of rotatable bonds is 6. The Labute approximate surface area is 194 Å². The molecule has 2 heterocycles. The quantitative estimate of drug-likeness (QED) is 0.437. The van der Waals surface area contributed by atoms with Crippen molar-refractivity contribution in [1.82, 2.24) is 14.9 Å². The van der Waals surface area contributed by atoms with Gasteiger partial charge >= 0.3 is 0 Å². The molecule has 1 aliphatic heterocycles. The number of H-pyrrole nitrogens is 1. The summed E-state index contributed by atoms with van der Waals surface area (Å²) in [6.45, 7) is 2.55. The molecule has 166 valence electrons. The number of halogens is 2. The normalized spacial score (nSPS) is 13.9. The number of thioether (sulfide) groups is 1. The molecule has 3 aromatic rings. The molecule has 1 N–H and O–H groups in total. The van der Waals surface area contributed by atoms with Gasteiger partial charge in [-0.25, -0.2) is 9.37 Å². The zero-order valence-corrected chi connectivity index (χ0v) is 18.8. The monoisotopic (exact) mass is 472 g/mol. The third-order valence-corrected chi connectivity index (χ3v) is 6.48. The van der Waals surface area contributed by atoms with Crippen molar-refractivity contribution >= 4 is 35.0 Å². The van der Waals surface area contributed by atoms with Crippen molar-refractivity contribution in [3.05, 3.63) is 87.0 Å². The SMILES string of the molecule is O=C(Cc1cc(=O)[nH]c(SCc2ccc(F)cc2)n1)N1CCN(c2ccccc2Cl)CC1. The van der Waals surface area contributed by atoms with E-state index >= 15 is 0 Å². The summed E-state index contributed by atoms with van der Waals surface area (Å²) in [6, 6.07) is 15.2. The number of aromatic nitrogens is 2. The number of carbonyl (C=O) groups excluding carboxylic acids is 1. The minimum Gasteiger partial charge on any atom is -0.367 e. The van der Waals surface area contributed by atoms with Crippen molar-refractivity contribution in [2.24, 2.45) is 0 Å². The molecule has 0 unspecified atom stereocenters. The number of nitrogens with one attached hydrogen (secondary N) is 1. The third kappa shape index (κ3) is 5.69. The van der Waals surface area contributed by atoms with E-state index in [1.54, 1.807) is 17.0 Å². The van der Waals surface area contributed by atoms with Crippen LogP contribution in [0.1, 0.15) is 11.3 Å². The molecule has 1 amide bonds. The first kappa shape index (κ1) is 22.4. The highest BCUT2D eigenvalue weighted by molar-refractivity contribution is 7.98. The topological polar surface area (TPSA) is 69.3 Å². The maximum atomic E-state index is 13.0. The fraction of sp³-hybridized carbons (Fsp3) is 0.261. The summed E-state index contributed by atoms with van der Waals surface area (Å²) in [5.74, 6) is 0.180. The van der Waals surface area contributed by atoms with Gasteiger partial charge in [-0.2, -0.15) is 0 Å². The van der Waals surface area contributed by atoms with Crippen LogP contribution in [0.25, 0.3) is 0 Å². The molecule has 1 aromatic heterocycles. The molecule has 32 heavy (non-hydrogen) atoms. The van der Waals surface area contributed by atoms with E-state index in [-0.39, 0.29) is 23.7 Å². The number of piperazine rings is 1. The van der Waals surface area contributed by atoms with Crippen LogP contribution in [0.5, 0.6) is 0 Å². The van der Waals surface area contributed by atoms with Gasteiger partial charge in [0.1, 0.15) is 5.82 Å². The maximum absolute atomic E-state index is 13.0. The number of amides is 1. The van der Waals surface area contributed by atoms with Crippen LogP contribution in [0.4, 0.5) is 10.1 Å². The lowest BCUT2D eigenvalue weighted by Crippen LogP contribution is -2.49. The van der Waals surface area contributed by atoms with Gasteiger partial charge in [-0.3, -0.25) is 9.59 Å². The van der Waals surface area contributed by atoms with Crippen LogP contribution < -0.4 is 10.5 Å². The van der Waals surface area contributed by atoms with Crippen LogP contribution in [0.2, 0.25) is 5.02 Å². The van der Waals surface area contributed by atoms with Crippen molar-refractivity contribution in [1.29, 1.82) is 0 Å². The van der Waals surface area contributed by atoms with Gasteiger partial charge in [0, 0.05) is 38.0 Å². The predicted molar refractivity (Wildman–Crippen MR) is 125 cm³/mol. The molecule has 0 radical (unpaired) electrons. The minimum atomic E-state index is -0.298. The van der Waals surface area contributed by atoms with Gasteiger partial charge in [-0.1, -0.05) is 47.6 Å². The molecular formula is C23H22ClFN4O2S. The number of para-hydroxylation sites is 1. The largest absolute Gasteiger partial charge is 0.367 e. The second kappa shape index (κ2) is 10.2. The van der Waals surface area contributed by atoms with Crippen molar-refractivity contribution in [3.8, 4) is 0 Å². The van der Waals surface area contributed by atoms with Gasteiger partial charge in [0.2, 0.25) is 5.91 Å². The van der Waals surface area contributed by atoms with E-state index in [1.807, 2.05) is 24.3 Å². The number of anilines is 1. The second-order valence-electron chi connectivity index (χ2n) is 7.45. The molecule has 2 aromatic carbocycles. The number of hydrogen-bond donors (Lipinski definition) is 1. The van der Waals surface area contributed by atoms with Gasteiger partial charge in [0.05, 0.1) is 22.8 Å². The van der Waals surface area contributed by atoms with Gasteiger partial charge < -0.3 is 14.8 Å². The molecule has 0 bridgehead atoms. The fourth-order valence-corrected chi connectivity index (χ4v) is 4.65. The zero-order chi connectivity index (χ0) is 22.5. The van der Waals surface area contributed by atoms with E-state index in [1.165, 1.54) is 30.0 Å². The Morgan fingerprint density at radius 2 is 1.81 bits per heavy atom. The highest BCUT2D eigenvalue weighted by atomic mass is 35.5. The lowest BCUT2D eigenvalue weighted by Gasteiger charge is -2.36. The first-order chi connectivity index (χ1) is 15.5. The fourth-order valence-electron chi connectivity index (χ4n) is 3.55. The van der Waals surface area contributed by atoms with Crippen LogP contribution in [-0.4, -0.2) is 47.0 Å². The average molecular weight is 473 g/mol. The Morgan fingerprint density at radius 1 is 1.09 bits per heavy atom. The maximum Gasteiger partial charge on any atom is 0.251 e. The Morgan fingerprint density at radius 3 is 2.53 bits per heavy atom. The van der Waals surface area contributed by atoms with Gasteiger partial charge in [-0.05, 0) is 29.8 Å². The standard InChI is InChI=1S/C23H22ClFN4O2S/c24-19-3-1-2-4-20(19)28-9-11-29(12-10-28)22(31)14-18-13-21(30)27-23(26-18)32-15-16-5-7-17(25)8-6-16/h1-8,13H,9-12,14-15H2,(H,26,27,30).